The number of benzene rings is 3. The first-order valence-electron chi connectivity index (χ1n) is 14.0. The van der Waals surface area contributed by atoms with Gasteiger partial charge in [-0.1, -0.05) is 6.07 Å². The largest absolute Gasteiger partial charge is 0.545 e. The Morgan fingerprint density at radius 3 is 2.35 bits per heavy atom. The fourth-order valence-electron chi connectivity index (χ4n) is 4.87. The van der Waals surface area contributed by atoms with Gasteiger partial charge in [0.05, 0.1) is 12.0 Å². The number of carboxylic acids is 1. The summed E-state index contributed by atoms with van der Waals surface area (Å²) in [5, 5.41) is 19.6. The summed E-state index contributed by atoms with van der Waals surface area (Å²) in [4.78, 5) is 43.1. The van der Waals surface area contributed by atoms with E-state index in [0.717, 1.165) is 23.9 Å². The molecule has 11 heteroatoms. The zero-order valence-corrected chi connectivity index (χ0v) is 24.9. The van der Waals surface area contributed by atoms with Crippen molar-refractivity contribution in [3.05, 3.63) is 71.1 Å². The van der Waals surface area contributed by atoms with E-state index in [0.29, 0.717) is 58.5 Å². The highest BCUT2D eigenvalue weighted by Crippen LogP contribution is 2.42. The second-order valence-corrected chi connectivity index (χ2v) is 10.7. The maximum atomic E-state index is 13.1. The molecule has 2 amide bonds. The van der Waals surface area contributed by atoms with E-state index >= 15 is 0 Å². The quantitative estimate of drug-likeness (QED) is 0.0978. The van der Waals surface area contributed by atoms with Crippen LogP contribution in [0.1, 0.15) is 40.0 Å². The number of amides is 2. The van der Waals surface area contributed by atoms with Gasteiger partial charge in [0.1, 0.15) is 32.0 Å². The number of unbranched alkanes of at least 4 members (excludes halogenated alkanes) is 2. The van der Waals surface area contributed by atoms with Crippen molar-refractivity contribution in [1.29, 1.82) is 0 Å². The summed E-state index contributed by atoms with van der Waals surface area (Å²) in [6.45, 7) is 0.723. The topological polar surface area (TPSA) is 153 Å². The summed E-state index contributed by atoms with van der Waals surface area (Å²) >= 11 is 0. The lowest BCUT2D eigenvalue weighted by Gasteiger charge is -2.20. The van der Waals surface area contributed by atoms with E-state index in [-0.39, 0.29) is 24.0 Å². The van der Waals surface area contributed by atoms with Gasteiger partial charge < -0.3 is 29.9 Å². The monoisotopic (exact) mass is 587 g/mol. The maximum absolute atomic E-state index is 13.1. The summed E-state index contributed by atoms with van der Waals surface area (Å²) in [7, 11) is 7.72. The van der Waals surface area contributed by atoms with Crippen LogP contribution in [-0.2, 0) is 9.63 Å². The molecule has 11 nitrogen and oxygen atoms in total. The van der Waals surface area contributed by atoms with Gasteiger partial charge in [-0.25, -0.2) is 10.5 Å². The Hall–Kier alpha value is -4.74. The van der Waals surface area contributed by atoms with Crippen molar-refractivity contribution in [3.8, 4) is 22.5 Å². The minimum absolute atomic E-state index is 0.0270. The van der Waals surface area contributed by atoms with E-state index in [2.05, 4.69) is 15.5 Å². The Morgan fingerprint density at radius 1 is 0.930 bits per heavy atom. The maximum Gasteiger partial charge on any atom is 0.251 e. The second-order valence-electron chi connectivity index (χ2n) is 10.7. The highest BCUT2D eigenvalue weighted by Gasteiger charge is 2.22. The average Bonchev–Trinajstić information content (AvgIpc) is 2.98. The molecule has 0 unspecified atom stereocenters. The highest BCUT2D eigenvalue weighted by atomic mass is 16.6. The van der Waals surface area contributed by atoms with Gasteiger partial charge in [-0.15, -0.1) is 0 Å². The normalized spacial score (nSPS) is 11.0. The molecule has 1 heterocycles. The van der Waals surface area contributed by atoms with Crippen LogP contribution < -0.4 is 36.5 Å². The van der Waals surface area contributed by atoms with Gasteiger partial charge in [0, 0.05) is 72.6 Å². The molecule has 0 saturated heterocycles. The molecule has 2 aromatic rings. The van der Waals surface area contributed by atoms with Crippen molar-refractivity contribution < 1.29 is 28.7 Å². The van der Waals surface area contributed by atoms with Crippen LogP contribution in [0.15, 0.2) is 59.0 Å². The van der Waals surface area contributed by atoms with E-state index in [4.69, 9.17) is 10.3 Å². The SMILES string of the molecule is CN(C)c1ccc2c(-c3cc(C(=O)NCCCCCNC(=O)CON)ccc3C(=O)[O-])c3ccc(=[N+](C)C)cc-3oc2c1. The molecular formula is C32H37N5O6. The predicted octanol–water partition coefficient (Wildman–Crippen LogP) is 1.57. The first kappa shape index (κ1) is 31.2. The Morgan fingerprint density at radius 2 is 1.67 bits per heavy atom. The van der Waals surface area contributed by atoms with Crippen LogP contribution in [0.2, 0.25) is 0 Å². The predicted molar refractivity (Wildman–Crippen MR) is 163 cm³/mol. The number of rotatable bonds is 12. The Labute approximate surface area is 249 Å². The van der Waals surface area contributed by atoms with Crippen LogP contribution >= 0.6 is 0 Å². The molecule has 2 aliphatic rings. The van der Waals surface area contributed by atoms with Gasteiger partial charge in [-0.2, -0.15) is 0 Å². The minimum Gasteiger partial charge on any atom is -0.545 e. The van der Waals surface area contributed by atoms with Crippen LogP contribution in [-0.4, -0.2) is 65.7 Å². The summed E-state index contributed by atoms with van der Waals surface area (Å²) in [5.41, 5.74) is 3.52. The average molecular weight is 588 g/mol. The van der Waals surface area contributed by atoms with Gasteiger partial charge in [0.15, 0.2) is 0 Å². The number of carboxylic acid groups (broad SMARTS) is 1. The molecule has 0 aromatic heterocycles. The molecular weight excluding hydrogens is 550 g/mol. The summed E-state index contributed by atoms with van der Waals surface area (Å²) in [6.07, 6.45) is 2.23. The van der Waals surface area contributed by atoms with E-state index in [9.17, 15) is 19.5 Å². The van der Waals surface area contributed by atoms with Crippen molar-refractivity contribution in [2.24, 2.45) is 5.90 Å². The van der Waals surface area contributed by atoms with Gasteiger partial charge >= 0.3 is 0 Å². The molecule has 0 atom stereocenters. The molecule has 0 radical (unpaired) electrons. The van der Waals surface area contributed by atoms with Gasteiger partial charge in [0.2, 0.25) is 11.3 Å². The van der Waals surface area contributed by atoms with E-state index in [1.165, 1.54) is 12.1 Å². The molecule has 2 aromatic carbocycles. The number of nitrogens with zero attached hydrogens (tertiary/aromatic N) is 2. The number of fused-ring (bicyclic) bond motifs is 2. The number of anilines is 1. The number of nitrogens with one attached hydrogen (secondary N) is 2. The van der Waals surface area contributed by atoms with Crippen LogP contribution in [0.5, 0.6) is 0 Å². The number of nitrogens with two attached hydrogens (primary N) is 1. The van der Waals surface area contributed by atoms with Crippen molar-refractivity contribution in [2.45, 2.75) is 19.3 Å². The zero-order chi connectivity index (χ0) is 31.1. The number of hydrogen-bond donors (Lipinski definition) is 3. The standard InChI is InChI=1S/C32H37N5O6/c1-36(2)21-9-12-24-27(17-21)43-28-18-22(37(3)4)10-13-25(28)30(24)26-16-20(8-11-23(26)32(40)41)31(39)35-15-7-5-6-14-34-29(38)19-42-33/h8-13,16-18H,5-7,14-15,19,33H2,1-4H3,(H2-,34,35,38,39,40,41). The van der Waals surface area contributed by atoms with Gasteiger partial charge in [-0.05, 0) is 55.2 Å². The lowest BCUT2D eigenvalue weighted by molar-refractivity contribution is -0.254. The van der Waals surface area contributed by atoms with Crippen LogP contribution in [0, 0.1) is 0 Å². The summed E-state index contributed by atoms with van der Waals surface area (Å²) in [6, 6.07) is 16.0. The van der Waals surface area contributed by atoms with Crippen molar-refractivity contribution in [2.75, 3.05) is 52.8 Å². The molecule has 4 rings (SSSR count). The number of hydrogen-bond acceptors (Lipinski definition) is 8. The molecule has 0 fully saturated rings. The fourth-order valence-corrected chi connectivity index (χ4v) is 4.87. The lowest BCUT2D eigenvalue weighted by atomic mass is 9.89. The van der Waals surface area contributed by atoms with Crippen LogP contribution in [0.3, 0.4) is 0 Å². The third kappa shape index (κ3) is 7.37. The lowest BCUT2D eigenvalue weighted by Crippen LogP contribution is -2.29. The summed E-state index contributed by atoms with van der Waals surface area (Å²) in [5.74, 6) is 3.51. The van der Waals surface area contributed by atoms with Crippen LogP contribution in [0.25, 0.3) is 33.4 Å². The Balaban J connectivity index is 1.68. The molecule has 4 N–H and O–H groups in total. The molecule has 1 aliphatic heterocycles. The van der Waals surface area contributed by atoms with Crippen molar-refractivity contribution >= 4 is 34.4 Å². The number of carbonyl (C=O) groups is 3. The second kappa shape index (κ2) is 14.0. The third-order valence-electron chi connectivity index (χ3n) is 7.17. The van der Waals surface area contributed by atoms with E-state index in [1.54, 1.807) is 6.07 Å². The van der Waals surface area contributed by atoms with Crippen molar-refractivity contribution in [3.63, 3.8) is 0 Å². The van der Waals surface area contributed by atoms with Gasteiger partial charge in [0.25, 0.3) is 5.91 Å². The van der Waals surface area contributed by atoms with Crippen molar-refractivity contribution in [1.82, 2.24) is 15.2 Å². The Kier molecular flexibility index (Phi) is 10.1. The number of aromatic carboxylic acids is 1. The number of carbonyl (C=O) groups excluding carboxylic acids is 3. The molecule has 226 valence electrons. The summed E-state index contributed by atoms with van der Waals surface area (Å²) < 4.78 is 8.31. The molecule has 0 saturated carbocycles. The molecule has 0 spiro atoms. The van der Waals surface area contributed by atoms with E-state index < -0.39 is 5.97 Å². The van der Waals surface area contributed by atoms with Crippen LogP contribution in [0.4, 0.5) is 5.69 Å². The van der Waals surface area contributed by atoms with E-state index in [1.807, 2.05) is 74.1 Å². The molecule has 43 heavy (non-hydrogen) atoms. The van der Waals surface area contributed by atoms with Gasteiger partial charge in [-0.3, -0.25) is 14.4 Å². The first-order valence-corrected chi connectivity index (χ1v) is 14.0. The first-order chi connectivity index (χ1) is 20.6. The molecule has 1 aliphatic carbocycles. The molecule has 0 bridgehead atoms. The Bertz CT molecular complexity index is 1690. The minimum atomic E-state index is -1.34. The zero-order valence-electron chi connectivity index (χ0n) is 24.9. The fraction of sp³-hybridized carbons (Fsp3) is 0.312. The highest BCUT2D eigenvalue weighted by molar-refractivity contribution is 6.09. The third-order valence-corrected chi connectivity index (χ3v) is 7.17. The smallest absolute Gasteiger partial charge is 0.251 e.